The Balaban J connectivity index is 2.27. The van der Waals surface area contributed by atoms with Crippen molar-refractivity contribution in [2.75, 3.05) is 13.2 Å². The molecule has 1 aromatic carbocycles. The quantitative estimate of drug-likeness (QED) is 0.722. The largest absolute Gasteiger partial charge is 0.530 e. The molecular formula is C15H21O4P. The van der Waals surface area contributed by atoms with Crippen molar-refractivity contribution in [2.24, 2.45) is 0 Å². The zero-order chi connectivity index (χ0) is 14.4. The number of phosphoric ester groups is 1. The molecule has 0 fully saturated rings. The van der Waals surface area contributed by atoms with E-state index in [1.54, 1.807) is 13.8 Å². The van der Waals surface area contributed by atoms with Gasteiger partial charge in [-0.15, -0.1) is 0 Å². The van der Waals surface area contributed by atoms with Gasteiger partial charge in [0.1, 0.15) is 5.76 Å². The first-order valence-electron chi connectivity index (χ1n) is 7.05. The number of aryl methyl sites for hydroxylation is 1. The summed E-state index contributed by atoms with van der Waals surface area (Å²) in [7, 11) is -3.53. The second kappa shape index (κ2) is 7.07. The zero-order valence-corrected chi connectivity index (χ0v) is 12.9. The van der Waals surface area contributed by atoms with E-state index in [1.165, 1.54) is 5.56 Å². The molecule has 1 aromatic rings. The molecule has 0 amide bonds. The summed E-state index contributed by atoms with van der Waals surface area (Å²) < 4.78 is 28.5. The molecular weight excluding hydrogens is 275 g/mol. The minimum absolute atomic E-state index is 0.284. The maximum Gasteiger partial charge on any atom is 0.530 e. The predicted molar refractivity (Wildman–Crippen MR) is 79.3 cm³/mol. The number of benzene rings is 1. The average Bonchev–Trinajstić information content (AvgIpc) is 2.62. The van der Waals surface area contributed by atoms with Crippen LogP contribution in [0.15, 0.2) is 30.3 Å². The molecule has 0 saturated heterocycles. The van der Waals surface area contributed by atoms with Gasteiger partial charge in [-0.25, -0.2) is 4.57 Å². The Labute approximate surface area is 120 Å². The highest BCUT2D eigenvalue weighted by Crippen LogP contribution is 2.53. The lowest BCUT2D eigenvalue weighted by molar-refractivity contribution is 0.159. The van der Waals surface area contributed by atoms with Gasteiger partial charge in [0.05, 0.1) is 13.2 Å². The summed E-state index contributed by atoms with van der Waals surface area (Å²) >= 11 is 0. The molecule has 4 nitrogen and oxygen atoms in total. The standard InChI is InChI=1S/C15H21O4P/c1-3-17-20(16,18-4-2)19-15-12-8-6-10-13-9-5-7-11-14(13)15/h5,7,9,11-12H,3-4,6,8,10H2,1-2H3. The summed E-state index contributed by atoms with van der Waals surface area (Å²) in [5.74, 6) is 0.600. The Morgan fingerprint density at radius 1 is 1.15 bits per heavy atom. The van der Waals surface area contributed by atoms with Crippen LogP contribution in [0.2, 0.25) is 0 Å². The van der Waals surface area contributed by atoms with Crippen molar-refractivity contribution in [3.8, 4) is 0 Å². The van der Waals surface area contributed by atoms with Crippen LogP contribution in [0.25, 0.3) is 5.76 Å². The Kier molecular flexibility index (Phi) is 5.41. The van der Waals surface area contributed by atoms with E-state index in [9.17, 15) is 4.57 Å². The molecule has 5 heteroatoms. The van der Waals surface area contributed by atoms with Crippen LogP contribution in [-0.2, 0) is 24.6 Å². The van der Waals surface area contributed by atoms with Crippen LogP contribution in [0.3, 0.4) is 0 Å². The van der Waals surface area contributed by atoms with E-state index < -0.39 is 7.82 Å². The maximum absolute atomic E-state index is 12.5. The van der Waals surface area contributed by atoms with Crippen LogP contribution < -0.4 is 0 Å². The Hall–Kier alpha value is -1.09. The first-order chi connectivity index (χ1) is 9.68. The predicted octanol–water partition coefficient (Wildman–Crippen LogP) is 4.56. The molecule has 110 valence electrons. The molecule has 0 spiro atoms. The van der Waals surface area contributed by atoms with Gasteiger partial charge in [-0.3, -0.25) is 9.05 Å². The van der Waals surface area contributed by atoms with Crippen LogP contribution in [0.4, 0.5) is 0 Å². The minimum atomic E-state index is -3.53. The Bertz CT molecular complexity index is 514. The van der Waals surface area contributed by atoms with Crippen molar-refractivity contribution in [3.05, 3.63) is 41.5 Å². The maximum atomic E-state index is 12.5. The second-order valence-electron chi connectivity index (χ2n) is 4.49. The highest BCUT2D eigenvalue weighted by atomic mass is 31.2. The third kappa shape index (κ3) is 3.72. The molecule has 20 heavy (non-hydrogen) atoms. The fraction of sp³-hybridized carbons (Fsp3) is 0.467. The third-order valence-electron chi connectivity index (χ3n) is 3.05. The summed E-state index contributed by atoms with van der Waals surface area (Å²) in [6.07, 6.45) is 4.91. The van der Waals surface area contributed by atoms with Gasteiger partial charge in [-0.1, -0.05) is 24.3 Å². The van der Waals surface area contributed by atoms with E-state index in [-0.39, 0.29) is 13.2 Å². The van der Waals surface area contributed by atoms with Crippen molar-refractivity contribution in [3.63, 3.8) is 0 Å². The summed E-state index contributed by atoms with van der Waals surface area (Å²) in [5.41, 5.74) is 2.18. The molecule has 1 aliphatic carbocycles. The number of fused-ring (bicyclic) bond motifs is 1. The van der Waals surface area contributed by atoms with E-state index in [1.807, 2.05) is 24.3 Å². The summed E-state index contributed by atoms with van der Waals surface area (Å²) in [4.78, 5) is 0. The first-order valence-corrected chi connectivity index (χ1v) is 8.51. The molecule has 0 heterocycles. The minimum Gasteiger partial charge on any atom is -0.404 e. The fourth-order valence-electron chi connectivity index (χ4n) is 2.23. The van der Waals surface area contributed by atoms with Crippen molar-refractivity contribution in [2.45, 2.75) is 33.1 Å². The van der Waals surface area contributed by atoms with Crippen LogP contribution in [0.1, 0.15) is 37.8 Å². The normalized spacial score (nSPS) is 15.2. The van der Waals surface area contributed by atoms with E-state index in [0.717, 1.165) is 24.8 Å². The van der Waals surface area contributed by atoms with Crippen LogP contribution in [0, 0.1) is 0 Å². The molecule has 0 radical (unpaired) electrons. The number of hydrogen-bond donors (Lipinski definition) is 0. The van der Waals surface area contributed by atoms with Crippen molar-refractivity contribution >= 4 is 13.6 Å². The smallest absolute Gasteiger partial charge is 0.404 e. The molecule has 0 saturated carbocycles. The zero-order valence-electron chi connectivity index (χ0n) is 12.0. The molecule has 0 bridgehead atoms. The number of hydrogen-bond acceptors (Lipinski definition) is 4. The Morgan fingerprint density at radius 2 is 1.85 bits per heavy atom. The van der Waals surface area contributed by atoms with Gasteiger partial charge in [0.25, 0.3) is 0 Å². The number of phosphoric acid groups is 1. The van der Waals surface area contributed by atoms with Crippen molar-refractivity contribution in [1.29, 1.82) is 0 Å². The lowest BCUT2D eigenvalue weighted by Crippen LogP contribution is -2.01. The lowest BCUT2D eigenvalue weighted by Gasteiger charge is -2.19. The van der Waals surface area contributed by atoms with Crippen molar-refractivity contribution < 1.29 is 18.1 Å². The van der Waals surface area contributed by atoms with E-state index in [2.05, 4.69) is 6.07 Å². The molecule has 0 unspecified atom stereocenters. The lowest BCUT2D eigenvalue weighted by atomic mass is 10.0. The Morgan fingerprint density at radius 3 is 2.55 bits per heavy atom. The summed E-state index contributed by atoms with van der Waals surface area (Å²) in [6.45, 7) is 4.10. The number of allylic oxidation sites excluding steroid dienone is 1. The molecule has 0 aromatic heterocycles. The average molecular weight is 296 g/mol. The highest BCUT2D eigenvalue weighted by Gasteiger charge is 2.29. The van der Waals surface area contributed by atoms with Gasteiger partial charge in [0.15, 0.2) is 0 Å². The third-order valence-corrected chi connectivity index (χ3v) is 4.62. The second-order valence-corrected chi connectivity index (χ2v) is 6.09. The van der Waals surface area contributed by atoms with Gasteiger partial charge < -0.3 is 4.52 Å². The number of rotatable bonds is 6. The summed E-state index contributed by atoms with van der Waals surface area (Å²) in [5, 5.41) is 0. The van der Waals surface area contributed by atoms with Gasteiger partial charge in [-0.2, -0.15) is 0 Å². The topological polar surface area (TPSA) is 44.8 Å². The van der Waals surface area contributed by atoms with Gasteiger partial charge in [0, 0.05) is 5.56 Å². The van der Waals surface area contributed by atoms with Gasteiger partial charge in [0.2, 0.25) is 0 Å². The van der Waals surface area contributed by atoms with E-state index >= 15 is 0 Å². The molecule has 2 rings (SSSR count). The SMILES string of the molecule is CCOP(=O)(OCC)OC1=CCCCc2ccccc21. The molecule has 0 N–H and O–H groups in total. The molecule has 0 aliphatic heterocycles. The molecule has 1 aliphatic rings. The van der Waals surface area contributed by atoms with Crippen LogP contribution >= 0.6 is 7.82 Å². The van der Waals surface area contributed by atoms with Crippen LogP contribution in [0.5, 0.6) is 0 Å². The van der Waals surface area contributed by atoms with Crippen molar-refractivity contribution in [1.82, 2.24) is 0 Å². The van der Waals surface area contributed by atoms with Crippen LogP contribution in [-0.4, -0.2) is 13.2 Å². The summed E-state index contributed by atoms with van der Waals surface area (Å²) in [6, 6.07) is 8.01. The molecule has 0 atom stereocenters. The first kappa shape index (κ1) is 15.3. The van der Waals surface area contributed by atoms with E-state index in [0.29, 0.717) is 5.76 Å². The highest BCUT2D eigenvalue weighted by molar-refractivity contribution is 7.48. The van der Waals surface area contributed by atoms with E-state index in [4.69, 9.17) is 13.6 Å². The van der Waals surface area contributed by atoms with Gasteiger partial charge >= 0.3 is 7.82 Å². The van der Waals surface area contributed by atoms with Gasteiger partial charge in [-0.05, 0) is 44.7 Å². The monoisotopic (exact) mass is 296 g/mol. The fourth-order valence-corrected chi connectivity index (χ4v) is 3.45.